The lowest BCUT2D eigenvalue weighted by Gasteiger charge is -2.09. The van der Waals surface area contributed by atoms with Crippen molar-refractivity contribution in [1.29, 1.82) is 0 Å². The molecule has 0 radical (unpaired) electrons. The second-order valence-corrected chi connectivity index (χ2v) is 8.11. The number of aromatic nitrogens is 4. The van der Waals surface area contributed by atoms with Gasteiger partial charge in [0, 0.05) is 17.7 Å². The van der Waals surface area contributed by atoms with Crippen molar-refractivity contribution >= 4 is 47.4 Å². The highest BCUT2D eigenvalue weighted by Gasteiger charge is 2.31. The first kappa shape index (κ1) is 35.7. The van der Waals surface area contributed by atoms with Gasteiger partial charge in [0.15, 0.2) is 0 Å². The first-order valence-electron chi connectivity index (χ1n) is 10.3. The van der Waals surface area contributed by atoms with Crippen LogP contribution in [0.3, 0.4) is 0 Å². The molecule has 0 unspecified atom stereocenters. The molecule has 0 bridgehead atoms. The van der Waals surface area contributed by atoms with Gasteiger partial charge in [-0.3, -0.25) is 0 Å². The van der Waals surface area contributed by atoms with Crippen LogP contribution in [0.4, 0.5) is 26.3 Å². The van der Waals surface area contributed by atoms with E-state index >= 15 is 0 Å². The van der Waals surface area contributed by atoms with Crippen molar-refractivity contribution in [3.8, 4) is 22.8 Å². The zero-order chi connectivity index (χ0) is 29.9. The van der Waals surface area contributed by atoms with E-state index in [0.29, 0.717) is 21.6 Å². The maximum absolute atomic E-state index is 12.0. The lowest BCUT2D eigenvalue weighted by Crippen LogP contribution is -2.29. The fraction of sp³-hybridized carbons (Fsp3) is 0.130. The average molecular weight is 646 g/mol. The average Bonchev–Trinajstić information content (AvgIpc) is 2.84. The topological polar surface area (TPSA) is 110 Å². The Hall–Kier alpha value is -3.37. The fourth-order valence-electron chi connectivity index (χ4n) is 2.47. The van der Waals surface area contributed by atoms with E-state index in [1.165, 1.54) is 49.1 Å². The van der Waals surface area contributed by atoms with Gasteiger partial charge in [-0.2, -0.15) is 0 Å². The molecule has 4 aromatic rings. The maximum Gasteiger partial charge on any atom is 0.573 e. The molecule has 0 saturated carbocycles. The van der Waals surface area contributed by atoms with Crippen LogP contribution in [0.1, 0.15) is 7.43 Å². The summed E-state index contributed by atoms with van der Waals surface area (Å²) in [6, 6.07) is 12.6. The van der Waals surface area contributed by atoms with E-state index in [4.69, 9.17) is 44.9 Å². The number of benzene rings is 2. The summed E-state index contributed by atoms with van der Waals surface area (Å²) in [4.78, 5) is 14.9. The van der Waals surface area contributed by atoms with E-state index in [2.05, 4.69) is 29.4 Å². The summed E-state index contributed by atoms with van der Waals surface area (Å²) >= 11 is 16.5. The molecule has 0 atom stereocenters. The zero-order valence-corrected chi connectivity index (χ0v) is 21.7. The van der Waals surface area contributed by atoms with Crippen molar-refractivity contribution in [3.05, 3.63) is 88.8 Å². The van der Waals surface area contributed by atoms with E-state index in [1.54, 1.807) is 0 Å². The second kappa shape index (κ2) is 16.2. The van der Waals surface area contributed by atoms with Gasteiger partial charge in [0.2, 0.25) is 0 Å². The molecule has 18 heteroatoms. The molecule has 0 spiro atoms. The highest BCUT2D eigenvalue weighted by atomic mass is 35.5. The first-order chi connectivity index (χ1) is 18.6. The van der Waals surface area contributed by atoms with Crippen LogP contribution < -0.4 is 14.9 Å². The van der Waals surface area contributed by atoms with Gasteiger partial charge in [0.05, 0.1) is 5.69 Å². The van der Waals surface area contributed by atoms with Crippen molar-refractivity contribution in [3.63, 3.8) is 0 Å². The second-order valence-electron chi connectivity index (χ2n) is 6.95. The van der Waals surface area contributed by atoms with Gasteiger partial charge in [-0.25, -0.2) is 19.9 Å². The molecule has 4 rings (SSSR count). The normalized spacial score (nSPS) is 10.6. The fourth-order valence-corrected chi connectivity index (χ4v) is 2.97. The molecule has 0 aliphatic heterocycles. The molecule has 2 N–H and O–H groups in total. The summed E-state index contributed by atoms with van der Waals surface area (Å²) in [6.07, 6.45) is -6.85. The lowest BCUT2D eigenvalue weighted by molar-refractivity contribution is -0.275. The molecule has 41 heavy (non-hydrogen) atoms. The van der Waals surface area contributed by atoms with Crippen molar-refractivity contribution in [2.75, 3.05) is 0 Å². The van der Waals surface area contributed by atoms with Crippen LogP contribution in [-0.4, -0.2) is 49.8 Å². The predicted molar refractivity (Wildman–Crippen MR) is 141 cm³/mol. The highest BCUT2D eigenvalue weighted by Crippen LogP contribution is 2.26. The van der Waals surface area contributed by atoms with Crippen molar-refractivity contribution < 1.29 is 45.9 Å². The molecule has 220 valence electrons. The summed E-state index contributed by atoms with van der Waals surface area (Å²) < 4.78 is 78.2. The van der Waals surface area contributed by atoms with Crippen LogP contribution in [0.2, 0.25) is 15.5 Å². The predicted octanol–water partition coefficient (Wildman–Crippen LogP) is 6.38. The number of nitrogens with zero attached hydrogens (tertiary/aromatic N) is 4. The quantitative estimate of drug-likeness (QED) is 0.150. The van der Waals surface area contributed by atoms with Gasteiger partial charge >= 0.3 is 19.8 Å². The van der Waals surface area contributed by atoms with Gasteiger partial charge in [0.25, 0.3) is 0 Å². The van der Waals surface area contributed by atoms with E-state index < -0.39 is 25.6 Å². The summed E-state index contributed by atoms with van der Waals surface area (Å²) in [5, 5.41) is 18.3. The van der Waals surface area contributed by atoms with E-state index in [1.807, 2.05) is 0 Å². The third kappa shape index (κ3) is 14.7. The van der Waals surface area contributed by atoms with E-state index in [9.17, 15) is 26.3 Å². The van der Waals surface area contributed by atoms with E-state index in [-0.39, 0.29) is 23.8 Å². The molecule has 2 aromatic heterocycles. The molecular weight excluding hydrogens is 627 g/mol. The number of hydrogen-bond acceptors (Lipinski definition) is 8. The van der Waals surface area contributed by atoms with Gasteiger partial charge in [-0.05, 0) is 41.9 Å². The Bertz CT molecular complexity index is 1340. The van der Waals surface area contributed by atoms with Crippen molar-refractivity contribution in [2.24, 2.45) is 0 Å². The van der Waals surface area contributed by atoms with Gasteiger partial charge in [-0.15, -0.1) is 26.3 Å². The van der Waals surface area contributed by atoms with E-state index in [0.717, 1.165) is 24.3 Å². The standard InChI is InChI=1S/C11H6ClF3N2O.C7H6BF3O3.C4H2Cl2N2.CH4/c12-10-5-9(16-6-17-10)7-1-3-8(4-2-7)18-11(13,14)15;9-7(10,11)14-6-3-1-5(2-4-6)8(12)13;5-3-1-4(6)8-2-7-3;/h1-6H;1-4,12-13H;1-2H;1H4. The number of rotatable bonds is 4. The SMILES string of the molecule is C.Clc1cc(Cl)ncn1.FC(F)(F)Oc1ccc(-c2cc(Cl)ncn2)cc1.OB(O)c1ccc(OC(F)(F)F)cc1. The third-order valence-electron chi connectivity index (χ3n) is 4.03. The monoisotopic (exact) mass is 644 g/mol. The molecule has 8 nitrogen and oxygen atoms in total. The number of ether oxygens (including phenoxy) is 2. The molecule has 0 saturated heterocycles. The number of alkyl halides is 6. The Morgan fingerprint density at radius 2 is 1.00 bits per heavy atom. The Morgan fingerprint density at radius 3 is 1.34 bits per heavy atom. The van der Waals surface area contributed by atoms with Gasteiger partial charge < -0.3 is 19.5 Å². The highest BCUT2D eigenvalue weighted by molar-refractivity contribution is 6.58. The van der Waals surface area contributed by atoms with Gasteiger partial charge in [-0.1, -0.05) is 54.4 Å². The van der Waals surface area contributed by atoms with Crippen LogP contribution >= 0.6 is 34.8 Å². The molecule has 2 aromatic carbocycles. The van der Waals surface area contributed by atoms with Crippen LogP contribution in [-0.2, 0) is 0 Å². The minimum absolute atomic E-state index is 0. The largest absolute Gasteiger partial charge is 0.573 e. The lowest BCUT2D eigenvalue weighted by atomic mass is 9.80. The Balaban J connectivity index is 0.000000325. The molecule has 0 fully saturated rings. The van der Waals surface area contributed by atoms with Crippen LogP contribution in [0.25, 0.3) is 11.3 Å². The molecule has 0 amide bonds. The summed E-state index contributed by atoms with van der Waals surface area (Å²) in [5.74, 6) is -0.687. The van der Waals surface area contributed by atoms with Crippen LogP contribution in [0, 0.1) is 0 Å². The van der Waals surface area contributed by atoms with Crippen LogP contribution in [0.15, 0.2) is 73.3 Å². The first-order valence-corrected chi connectivity index (χ1v) is 11.4. The van der Waals surface area contributed by atoms with Gasteiger partial charge in [0.1, 0.15) is 39.6 Å². The Morgan fingerprint density at radius 1 is 0.610 bits per heavy atom. The van der Waals surface area contributed by atoms with Crippen molar-refractivity contribution in [2.45, 2.75) is 20.2 Å². The van der Waals surface area contributed by atoms with Crippen molar-refractivity contribution in [1.82, 2.24) is 19.9 Å². The summed E-state index contributed by atoms with van der Waals surface area (Å²) in [5.41, 5.74) is 1.24. The number of halogens is 9. The Kier molecular flexibility index (Phi) is 14.1. The Labute approximate surface area is 244 Å². The minimum Gasteiger partial charge on any atom is -0.423 e. The van der Waals surface area contributed by atoms with Crippen LogP contribution in [0.5, 0.6) is 11.5 Å². The smallest absolute Gasteiger partial charge is 0.423 e. The molecule has 0 aliphatic carbocycles. The molecule has 0 aliphatic rings. The maximum atomic E-state index is 12.0. The number of hydrogen-bond donors (Lipinski definition) is 2. The summed E-state index contributed by atoms with van der Waals surface area (Å²) in [6.45, 7) is 0. The summed E-state index contributed by atoms with van der Waals surface area (Å²) in [7, 11) is -1.70. The molecular formula is C23H18BCl3F6N4O4. The zero-order valence-electron chi connectivity index (χ0n) is 19.4. The minimum atomic E-state index is -4.74. The molecule has 2 heterocycles. The third-order valence-corrected chi connectivity index (χ3v) is 4.65.